The molecule has 0 saturated heterocycles. The minimum Gasteiger partial charge on any atom is -0.508 e. The molecule has 1 N–H and O–H groups in total. The summed E-state index contributed by atoms with van der Waals surface area (Å²) in [6.07, 6.45) is 2.18. The maximum absolute atomic E-state index is 9.31. The molecular formula is C11H15NO. The molecule has 0 bridgehead atoms. The average Bonchev–Trinajstić information content (AvgIpc) is 2.46. The van der Waals surface area contributed by atoms with Gasteiger partial charge in [-0.3, -0.25) is 0 Å². The van der Waals surface area contributed by atoms with E-state index >= 15 is 0 Å². The lowest BCUT2D eigenvalue weighted by molar-refractivity contribution is 0.303. The summed E-state index contributed by atoms with van der Waals surface area (Å²) in [5, 5.41) is 9.31. The molecule has 13 heavy (non-hydrogen) atoms. The fourth-order valence-electron chi connectivity index (χ4n) is 1.95. The lowest BCUT2D eigenvalue weighted by atomic mass is 10.1. The highest BCUT2D eigenvalue weighted by atomic mass is 16.3. The van der Waals surface area contributed by atoms with Gasteiger partial charge in [0, 0.05) is 6.04 Å². The third-order valence-corrected chi connectivity index (χ3v) is 2.83. The van der Waals surface area contributed by atoms with Crippen molar-refractivity contribution in [2.75, 3.05) is 14.1 Å². The predicted molar refractivity (Wildman–Crippen MR) is 53.0 cm³/mol. The minimum atomic E-state index is 0.387. The van der Waals surface area contributed by atoms with E-state index in [1.54, 1.807) is 6.07 Å². The maximum atomic E-state index is 9.31. The zero-order valence-corrected chi connectivity index (χ0v) is 8.12. The molecule has 2 nitrogen and oxygen atoms in total. The number of phenolic OH excluding ortho intramolecular Hbond substituents is 1. The monoisotopic (exact) mass is 177 g/mol. The highest BCUT2D eigenvalue weighted by molar-refractivity contribution is 5.39. The summed E-state index contributed by atoms with van der Waals surface area (Å²) in [5.41, 5.74) is 2.69. The van der Waals surface area contributed by atoms with Gasteiger partial charge in [0.25, 0.3) is 0 Å². The van der Waals surface area contributed by atoms with Gasteiger partial charge in [-0.15, -0.1) is 0 Å². The molecule has 0 saturated carbocycles. The van der Waals surface area contributed by atoms with Crippen LogP contribution in [0.2, 0.25) is 0 Å². The number of phenols is 1. The number of nitrogens with zero attached hydrogens (tertiary/aromatic N) is 1. The topological polar surface area (TPSA) is 23.5 Å². The van der Waals surface area contributed by atoms with E-state index in [0.717, 1.165) is 12.8 Å². The Morgan fingerprint density at radius 1 is 1.23 bits per heavy atom. The Balaban J connectivity index is 2.25. The molecule has 0 aliphatic heterocycles. The van der Waals surface area contributed by atoms with Gasteiger partial charge in [-0.1, -0.05) is 6.07 Å². The summed E-state index contributed by atoms with van der Waals surface area (Å²) < 4.78 is 0. The van der Waals surface area contributed by atoms with Crippen LogP contribution < -0.4 is 0 Å². The highest BCUT2D eigenvalue weighted by Crippen LogP contribution is 2.27. The Morgan fingerprint density at radius 3 is 2.62 bits per heavy atom. The summed E-state index contributed by atoms with van der Waals surface area (Å²) in [5.74, 6) is 0.387. The van der Waals surface area contributed by atoms with Crippen molar-refractivity contribution in [3.8, 4) is 5.75 Å². The molecule has 0 radical (unpaired) electrons. The Bertz CT molecular complexity index is 320. The molecular weight excluding hydrogens is 162 g/mol. The second kappa shape index (κ2) is 3.04. The third kappa shape index (κ3) is 1.54. The van der Waals surface area contributed by atoms with E-state index < -0.39 is 0 Å². The van der Waals surface area contributed by atoms with E-state index in [4.69, 9.17) is 0 Å². The zero-order chi connectivity index (χ0) is 9.42. The quantitative estimate of drug-likeness (QED) is 0.701. The normalized spacial score (nSPS) is 20.7. The maximum Gasteiger partial charge on any atom is 0.115 e. The second-order valence-corrected chi connectivity index (χ2v) is 3.98. The van der Waals surface area contributed by atoms with E-state index in [9.17, 15) is 5.11 Å². The van der Waals surface area contributed by atoms with Crippen LogP contribution in [-0.4, -0.2) is 30.1 Å². The molecule has 1 atom stereocenters. The van der Waals surface area contributed by atoms with Crippen molar-refractivity contribution in [3.63, 3.8) is 0 Å². The molecule has 2 heteroatoms. The van der Waals surface area contributed by atoms with Gasteiger partial charge in [-0.25, -0.2) is 0 Å². The molecule has 1 aliphatic rings. The van der Waals surface area contributed by atoms with Crippen molar-refractivity contribution >= 4 is 0 Å². The number of hydrogen-bond acceptors (Lipinski definition) is 2. The lowest BCUT2D eigenvalue weighted by Crippen LogP contribution is -2.27. The summed E-state index contributed by atoms with van der Waals surface area (Å²) in [4.78, 5) is 2.25. The van der Waals surface area contributed by atoms with Crippen molar-refractivity contribution in [1.29, 1.82) is 0 Å². The molecule has 1 aromatic rings. The van der Waals surface area contributed by atoms with Gasteiger partial charge < -0.3 is 10.0 Å². The van der Waals surface area contributed by atoms with Crippen LogP contribution in [0, 0.1) is 0 Å². The number of likely N-dealkylation sites (N-methyl/N-ethyl adjacent to an activating group) is 1. The van der Waals surface area contributed by atoms with E-state index in [1.807, 2.05) is 12.1 Å². The molecule has 0 unspecified atom stereocenters. The van der Waals surface area contributed by atoms with Gasteiger partial charge in [0.1, 0.15) is 5.75 Å². The Morgan fingerprint density at radius 2 is 1.92 bits per heavy atom. The average molecular weight is 177 g/mol. The van der Waals surface area contributed by atoms with Crippen LogP contribution in [0.25, 0.3) is 0 Å². The van der Waals surface area contributed by atoms with Crippen LogP contribution in [0.15, 0.2) is 18.2 Å². The van der Waals surface area contributed by atoms with Gasteiger partial charge >= 0.3 is 0 Å². The minimum absolute atomic E-state index is 0.387. The fourth-order valence-corrected chi connectivity index (χ4v) is 1.95. The van der Waals surface area contributed by atoms with Crippen LogP contribution in [0.3, 0.4) is 0 Å². The summed E-state index contributed by atoms with van der Waals surface area (Å²) in [7, 11) is 4.22. The molecule has 0 heterocycles. The largest absolute Gasteiger partial charge is 0.508 e. The lowest BCUT2D eigenvalue weighted by Gasteiger charge is -2.17. The van der Waals surface area contributed by atoms with E-state index in [-0.39, 0.29) is 0 Å². The van der Waals surface area contributed by atoms with Crippen molar-refractivity contribution in [3.05, 3.63) is 29.3 Å². The van der Waals surface area contributed by atoms with E-state index in [2.05, 4.69) is 19.0 Å². The van der Waals surface area contributed by atoms with Gasteiger partial charge in [0.15, 0.2) is 0 Å². The van der Waals surface area contributed by atoms with Gasteiger partial charge in [-0.05, 0) is 50.2 Å². The van der Waals surface area contributed by atoms with Crippen molar-refractivity contribution in [2.45, 2.75) is 18.9 Å². The first kappa shape index (κ1) is 8.57. The Hall–Kier alpha value is -1.02. The molecule has 0 spiro atoms. The van der Waals surface area contributed by atoms with Crippen LogP contribution >= 0.6 is 0 Å². The fraction of sp³-hybridized carbons (Fsp3) is 0.455. The molecule has 70 valence electrons. The first-order chi connectivity index (χ1) is 6.16. The molecule has 1 aliphatic carbocycles. The van der Waals surface area contributed by atoms with Gasteiger partial charge in [-0.2, -0.15) is 0 Å². The Labute approximate surface area is 78.8 Å². The van der Waals surface area contributed by atoms with Crippen molar-refractivity contribution in [1.82, 2.24) is 4.90 Å². The number of benzene rings is 1. The summed E-state index contributed by atoms with van der Waals surface area (Å²) in [6.45, 7) is 0. The number of fused-ring (bicyclic) bond motifs is 1. The number of rotatable bonds is 1. The van der Waals surface area contributed by atoms with Crippen LogP contribution in [0.4, 0.5) is 0 Å². The van der Waals surface area contributed by atoms with Gasteiger partial charge in [0.2, 0.25) is 0 Å². The van der Waals surface area contributed by atoms with Crippen LogP contribution in [-0.2, 0) is 12.8 Å². The van der Waals surface area contributed by atoms with Crippen LogP contribution in [0.1, 0.15) is 11.1 Å². The third-order valence-electron chi connectivity index (χ3n) is 2.83. The van der Waals surface area contributed by atoms with Gasteiger partial charge in [0.05, 0.1) is 0 Å². The van der Waals surface area contributed by atoms with Crippen molar-refractivity contribution in [2.24, 2.45) is 0 Å². The van der Waals surface area contributed by atoms with Crippen LogP contribution in [0.5, 0.6) is 5.75 Å². The SMILES string of the molecule is CN(C)[C@@H]1Cc2ccc(O)cc2C1. The zero-order valence-electron chi connectivity index (χ0n) is 8.12. The molecule has 0 fully saturated rings. The summed E-state index contributed by atoms with van der Waals surface area (Å²) >= 11 is 0. The first-order valence-corrected chi connectivity index (χ1v) is 4.64. The molecule has 1 aromatic carbocycles. The summed E-state index contributed by atoms with van der Waals surface area (Å²) in [6, 6.07) is 6.31. The number of hydrogen-bond donors (Lipinski definition) is 1. The van der Waals surface area contributed by atoms with E-state index in [0.29, 0.717) is 11.8 Å². The Kier molecular flexibility index (Phi) is 2.00. The van der Waals surface area contributed by atoms with E-state index in [1.165, 1.54) is 11.1 Å². The molecule has 0 aromatic heterocycles. The molecule has 2 rings (SSSR count). The standard InChI is InChI=1S/C11H15NO/c1-12(2)10-5-8-3-4-11(13)7-9(8)6-10/h3-4,7,10,13H,5-6H2,1-2H3/t10-/m1/s1. The highest BCUT2D eigenvalue weighted by Gasteiger charge is 2.22. The smallest absolute Gasteiger partial charge is 0.115 e. The van der Waals surface area contributed by atoms with Crippen molar-refractivity contribution < 1.29 is 5.11 Å². The molecule has 0 amide bonds. The second-order valence-electron chi connectivity index (χ2n) is 3.98. The predicted octanol–water partition coefficient (Wildman–Crippen LogP) is 1.42. The number of aromatic hydroxyl groups is 1. The first-order valence-electron chi connectivity index (χ1n) is 4.64.